The van der Waals surface area contributed by atoms with Gasteiger partial charge >= 0.3 is 41.5 Å². The zero-order valence-corrected chi connectivity index (χ0v) is 10.9. The number of carbonyl (C=O) groups is 2. The molecular weight excluding hydrogens is 211 g/mol. The summed E-state index contributed by atoms with van der Waals surface area (Å²) in [6, 6.07) is 0. The van der Waals surface area contributed by atoms with E-state index in [4.69, 9.17) is 0 Å². The van der Waals surface area contributed by atoms with Crippen molar-refractivity contribution >= 4 is 11.9 Å². The van der Waals surface area contributed by atoms with Crippen molar-refractivity contribution < 1.29 is 53.7 Å². The number of ether oxygens (including phenoxy) is 2. The predicted molar refractivity (Wildman–Crippen MR) is 43.9 cm³/mol. The molecule has 0 radical (unpaired) electrons. The van der Waals surface area contributed by atoms with Crippen molar-refractivity contribution in [1.82, 2.24) is 0 Å². The number of hydrogen-bond donors (Lipinski definition) is 0. The third-order valence-electron chi connectivity index (χ3n) is 1.79. The molecule has 5 nitrogen and oxygen atoms in total. The molecule has 0 aromatic heterocycles. The summed E-state index contributed by atoms with van der Waals surface area (Å²) < 4.78 is 9.12. The van der Waals surface area contributed by atoms with Crippen LogP contribution in [0.5, 0.6) is 0 Å². The van der Waals surface area contributed by atoms with Crippen molar-refractivity contribution in [3.8, 4) is 0 Å². The number of cyclic esters (lactones) is 1. The van der Waals surface area contributed by atoms with Crippen LogP contribution in [0.4, 0.5) is 0 Å². The Kier molecular flexibility index (Phi) is 6.63. The smallest absolute Gasteiger partial charge is 0.867 e. The summed E-state index contributed by atoms with van der Waals surface area (Å²) in [5, 5.41) is 11.3. The zero-order chi connectivity index (χ0) is 10.6. The average Bonchev–Trinajstić information content (AvgIpc) is 2.18. The maximum absolute atomic E-state index is 11.3. The molecule has 0 amide bonds. The molecule has 78 valence electrons. The summed E-state index contributed by atoms with van der Waals surface area (Å²) in [6.07, 6.45) is 0.864. The fourth-order valence-corrected chi connectivity index (χ4v) is 1.13. The Labute approximate surface area is 110 Å². The molecule has 1 saturated heterocycles. The molecule has 0 spiro atoms. The Morgan fingerprint density at radius 2 is 2.27 bits per heavy atom. The predicted octanol–water partition coefficient (Wildman–Crippen LogP) is -3.50. The average molecular weight is 222 g/mol. The van der Waals surface area contributed by atoms with Gasteiger partial charge in [0.2, 0.25) is 0 Å². The summed E-state index contributed by atoms with van der Waals surface area (Å²) in [6.45, 7) is 2.01. The molecule has 0 aromatic carbocycles. The van der Waals surface area contributed by atoms with E-state index < -0.39 is 17.7 Å². The molecule has 1 heterocycles. The fourth-order valence-electron chi connectivity index (χ4n) is 1.13. The summed E-state index contributed by atoms with van der Waals surface area (Å²) >= 11 is 0. The Morgan fingerprint density at radius 3 is 2.80 bits per heavy atom. The normalized spacial score (nSPS) is 18.6. The van der Waals surface area contributed by atoms with Gasteiger partial charge in [-0.1, -0.05) is 0 Å². The quantitative estimate of drug-likeness (QED) is 0.210. The molecular formula is C9H11NaO5. The van der Waals surface area contributed by atoms with Gasteiger partial charge in [0.05, 0.1) is 13.2 Å². The van der Waals surface area contributed by atoms with Crippen molar-refractivity contribution in [3.63, 3.8) is 0 Å². The van der Waals surface area contributed by atoms with E-state index in [1.165, 1.54) is 0 Å². The van der Waals surface area contributed by atoms with E-state index in [1.807, 2.05) is 0 Å². The third-order valence-corrected chi connectivity index (χ3v) is 1.79. The second-order valence-corrected chi connectivity index (χ2v) is 2.77. The molecule has 0 bridgehead atoms. The van der Waals surface area contributed by atoms with Gasteiger partial charge in [0.25, 0.3) is 0 Å². The molecule has 1 rings (SSSR count). The van der Waals surface area contributed by atoms with Gasteiger partial charge in [-0.3, -0.25) is 0 Å². The van der Waals surface area contributed by atoms with E-state index in [1.54, 1.807) is 6.92 Å². The molecule has 1 aliphatic rings. The van der Waals surface area contributed by atoms with Crippen LogP contribution in [0.25, 0.3) is 0 Å². The van der Waals surface area contributed by atoms with E-state index in [0.29, 0.717) is 13.0 Å². The monoisotopic (exact) mass is 222 g/mol. The number of hydrogen-bond acceptors (Lipinski definition) is 5. The van der Waals surface area contributed by atoms with E-state index in [-0.39, 0.29) is 48.2 Å². The van der Waals surface area contributed by atoms with Crippen molar-refractivity contribution in [3.05, 3.63) is 11.3 Å². The van der Waals surface area contributed by atoms with Crippen molar-refractivity contribution in [1.29, 1.82) is 0 Å². The molecule has 0 atom stereocenters. The molecule has 1 aliphatic heterocycles. The summed E-state index contributed by atoms with van der Waals surface area (Å²) in [5.41, 5.74) is -0.102. The number of carbonyl (C=O) groups excluding carboxylic acids is 2. The molecule has 0 N–H and O–H groups in total. The summed E-state index contributed by atoms with van der Waals surface area (Å²) in [5.74, 6) is -2.56. The van der Waals surface area contributed by atoms with E-state index in [0.717, 1.165) is 0 Å². The van der Waals surface area contributed by atoms with Crippen molar-refractivity contribution in [2.75, 3.05) is 13.2 Å². The molecule has 15 heavy (non-hydrogen) atoms. The van der Waals surface area contributed by atoms with Gasteiger partial charge in [-0.15, -0.1) is 0 Å². The van der Waals surface area contributed by atoms with Crippen LogP contribution in [0.3, 0.4) is 0 Å². The minimum absolute atomic E-state index is 0. The summed E-state index contributed by atoms with van der Waals surface area (Å²) in [7, 11) is 0. The van der Waals surface area contributed by atoms with Gasteiger partial charge < -0.3 is 14.6 Å². The van der Waals surface area contributed by atoms with Gasteiger partial charge in [-0.2, -0.15) is 0 Å². The maximum Gasteiger partial charge on any atom is 1.00 e. The van der Waals surface area contributed by atoms with Gasteiger partial charge in [0.1, 0.15) is 0 Å². The molecule has 0 aromatic rings. The van der Waals surface area contributed by atoms with Crippen LogP contribution in [-0.4, -0.2) is 25.2 Å². The second-order valence-electron chi connectivity index (χ2n) is 2.77. The minimum Gasteiger partial charge on any atom is -0.867 e. The van der Waals surface area contributed by atoms with Crippen LogP contribution < -0.4 is 34.7 Å². The Bertz CT molecular complexity index is 284. The van der Waals surface area contributed by atoms with Crippen LogP contribution in [0.1, 0.15) is 19.8 Å². The zero-order valence-electron chi connectivity index (χ0n) is 8.87. The van der Waals surface area contributed by atoms with Gasteiger partial charge in [0, 0.05) is 5.57 Å². The SMILES string of the molecule is CCOC(=O)/C([O-])=C1/CCCOC1=O.[Na+]. The standard InChI is InChI=1S/C9H12O5.Na/c1-2-13-9(12)7(10)6-4-3-5-14-8(6)11;/h10H,2-5H2,1H3;/q;+1/p-1/b7-6+;. The van der Waals surface area contributed by atoms with Crippen LogP contribution in [0.2, 0.25) is 0 Å². The first-order valence-corrected chi connectivity index (χ1v) is 4.41. The molecule has 1 fully saturated rings. The van der Waals surface area contributed by atoms with E-state index in [9.17, 15) is 14.7 Å². The molecule has 0 aliphatic carbocycles. The Hall–Kier alpha value is -0.520. The van der Waals surface area contributed by atoms with E-state index >= 15 is 0 Å². The van der Waals surface area contributed by atoms with Gasteiger partial charge in [-0.05, 0) is 25.5 Å². The van der Waals surface area contributed by atoms with Crippen LogP contribution >= 0.6 is 0 Å². The van der Waals surface area contributed by atoms with Crippen LogP contribution in [0, 0.1) is 0 Å². The molecule has 0 unspecified atom stereocenters. The molecule has 0 saturated carbocycles. The van der Waals surface area contributed by atoms with Crippen molar-refractivity contribution in [2.45, 2.75) is 19.8 Å². The number of rotatable bonds is 2. The molecule has 6 heteroatoms. The largest absolute Gasteiger partial charge is 1.00 e. The number of esters is 2. The fraction of sp³-hybridized carbons (Fsp3) is 0.556. The maximum atomic E-state index is 11.3. The Morgan fingerprint density at radius 1 is 1.60 bits per heavy atom. The van der Waals surface area contributed by atoms with Gasteiger partial charge in [0.15, 0.2) is 0 Å². The van der Waals surface area contributed by atoms with Crippen LogP contribution in [0.15, 0.2) is 11.3 Å². The first-order chi connectivity index (χ1) is 6.66. The minimum atomic E-state index is -0.985. The van der Waals surface area contributed by atoms with Crippen molar-refractivity contribution in [2.24, 2.45) is 0 Å². The second kappa shape index (κ2) is 6.87. The van der Waals surface area contributed by atoms with E-state index in [2.05, 4.69) is 9.47 Å². The summed E-state index contributed by atoms with van der Waals surface area (Å²) in [4.78, 5) is 22.0. The third kappa shape index (κ3) is 3.85. The first-order valence-electron chi connectivity index (χ1n) is 4.41. The Balaban J connectivity index is 0.00000196. The van der Waals surface area contributed by atoms with Crippen LogP contribution in [-0.2, 0) is 19.1 Å². The topological polar surface area (TPSA) is 75.7 Å². The van der Waals surface area contributed by atoms with Gasteiger partial charge in [-0.25, -0.2) is 9.59 Å². The first kappa shape index (κ1) is 14.5.